The summed E-state index contributed by atoms with van der Waals surface area (Å²) in [5.74, 6) is 0.0715. The highest BCUT2D eigenvalue weighted by Gasteiger charge is 2.24. The van der Waals surface area contributed by atoms with Crippen LogP contribution in [0.15, 0.2) is 48.5 Å². The Hall–Kier alpha value is -1.60. The Bertz CT molecular complexity index is 740. The largest absolute Gasteiger partial charge is 0.378 e. The zero-order valence-electron chi connectivity index (χ0n) is 15.3. The highest BCUT2D eigenvalue weighted by atomic mass is 127. The lowest BCUT2D eigenvalue weighted by Gasteiger charge is -2.26. The predicted octanol–water partition coefficient (Wildman–Crippen LogP) is 4.18. The number of carbonyl (C=O) groups excluding carboxylic acids is 1. The lowest BCUT2D eigenvalue weighted by atomic mass is 10.1. The number of carbonyl (C=O) groups is 1. The smallest absolute Gasteiger partial charge is 0.255 e. The molecule has 1 fully saturated rings. The van der Waals surface area contributed by atoms with Gasteiger partial charge in [-0.25, -0.2) is 0 Å². The highest BCUT2D eigenvalue weighted by molar-refractivity contribution is 14.1. The van der Waals surface area contributed by atoms with E-state index in [4.69, 9.17) is 4.74 Å². The third-order valence-corrected chi connectivity index (χ3v) is 5.61. The van der Waals surface area contributed by atoms with Gasteiger partial charge in [-0.3, -0.25) is 4.79 Å². The third kappa shape index (κ3) is 4.76. The normalized spacial score (nSPS) is 16.5. The summed E-state index contributed by atoms with van der Waals surface area (Å²) in [7, 11) is 4.05. The van der Waals surface area contributed by atoms with E-state index in [0.717, 1.165) is 39.8 Å². The Morgan fingerprint density at radius 2 is 1.88 bits per heavy atom. The first-order valence-electron chi connectivity index (χ1n) is 8.96. The van der Waals surface area contributed by atoms with Crippen molar-refractivity contribution in [3.05, 3.63) is 63.2 Å². The Labute approximate surface area is 169 Å². The van der Waals surface area contributed by atoms with Gasteiger partial charge in [-0.1, -0.05) is 24.3 Å². The molecule has 0 spiro atoms. The van der Waals surface area contributed by atoms with Crippen LogP contribution in [0.4, 0.5) is 5.69 Å². The summed E-state index contributed by atoms with van der Waals surface area (Å²) in [5, 5.41) is 0. The monoisotopic (exact) mass is 464 g/mol. The van der Waals surface area contributed by atoms with Gasteiger partial charge in [0.25, 0.3) is 5.91 Å². The second kappa shape index (κ2) is 8.86. The second-order valence-corrected chi connectivity index (χ2v) is 8.02. The molecule has 1 unspecified atom stereocenters. The van der Waals surface area contributed by atoms with Crippen LogP contribution in [0.2, 0.25) is 0 Å². The molecule has 3 rings (SSSR count). The van der Waals surface area contributed by atoms with Crippen LogP contribution in [0.25, 0.3) is 0 Å². The molecule has 0 radical (unpaired) electrons. The molecule has 1 amide bonds. The number of benzene rings is 2. The molecule has 1 atom stereocenters. The Morgan fingerprint density at radius 1 is 1.15 bits per heavy atom. The van der Waals surface area contributed by atoms with Crippen LogP contribution in [0, 0.1) is 3.57 Å². The topological polar surface area (TPSA) is 32.8 Å². The van der Waals surface area contributed by atoms with E-state index in [9.17, 15) is 4.79 Å². The van der Waals surface area contributed by atoms with Crippen molar-refractivity contribution in [2.24, 2.45) is 0 Å². The Kier molecular flexibility index (Phi) is 6.53. The van der Waals surface area contributed by atoms with Gasteiger partial charge in [0.2, 0.25) is 0 Å². The SMILES string of the molecule is CN(C)c1ccc(CN(CC2CCCO2)C(=O)c2ccccc2I)cc1. The molecule has 0 saturated carbocycles. The van der Waals surface area contributed by atoms with E-state index in [0.29, 0.717) is 13.1 Å². The fourth-order valence-electron chi connectivity index (χ4n) is 3.18. The van der Waals surface area contributed by atoms with Gasteiger partial charge in [-0.2, -0.15) is 0 Å². The number of rotatable bonds is 6. The number of hydrogen-bond donors (Lipinski definition) is 0. The van der Waals surface area contributed by atoms with E-state index in [-0.39, 0.29) is 12.0 Å². The van der Waals surface area contributed by atoms with Crippen molar-refractivity contribution in [1.29, 1.82) is 0 Å². The molecule has 138 valence electrons. The van der Waals surface area contributed by atoms with Gasteiger partial charge in [0.15, 0.2) is 0 Å². The zero-order chi connectivity index (χ0) is 18.5. The van der Waals surface area contributed by atoms with Gasteiger partial charge >= 0.3 is 0 Å². The van der Waals surface area contributed by atoms with Crippen LogP contribution in [0.1, 0.15) is 28.8 Å². The maximum Gasteiger partial charge on any atom is 0.255 e. The van der Waals surface area contributed by atoms with Crippen molar-refractivity contribution < 1.29 is 9.53 Å². The fraction of sp³-hybridized carbons (Fsp3) is 0.381. The van der Waals surface area contributed by atoms with Crippen molar-refractivity contribution in [3.63, 3.8) is 0 Å². The van der Waals surface area contributed by atoms with E-state index in [1.54, 1.807) is 0 Å². The van der Waals surface area contributed by atoms with Crippen molar-refractivity contribution in [2.75, 3.05) is 32.1 Å². The van der Waals surface area contributed by atoms with Crippen LogP contribution in [0.3, 0.4) is 0 Å². The second-order valence-electron chi connectivity index (χ2n) is 6.86. The standard InChI is InChI=1S/C21H25IN2O2/c1-23(2)17-11-9-16(10-12-17)14-24(15-18-6-5-13-26-18)21(25)19-7-3-4-8-20(19)22/h3-4,7-12,18H,5-6,13-15H2,1-2H3. The predicted molar refractivity (Wildman–Crippen MR) is 114 cm³/mol. The van der Waals surface area contributed by atoms with Gasteiger partial charge < -0.3 is 14.5 Å². The molecule has 5 heteroatoms. The van der Waals surface area contributed by atoms with E-state index in [2.05, 4.69) is 51.8 Å². The average Bonchev–Trinajstić information content (AvgIpc) is 3.14. The molecule has 26 heavy (non-hydrogen) atoms. The Balaban J connectivity index is 1.80. The number of ether oxygens (including phenoxy) is 1. The molecule has 0 N–H and O–H groups in total. The summed E-state index contributed by atoms with van der Waals surface area (Å²) in [4.78, 5) is 17.2. The first-order valence-corrected chi connectivity index (χ1v) is 10.0. The minimum Gasteiger partial charge on any atom is -0.378 e. The van der Waals surface area contributed by atoms with Gasteiger partial charge in [0.1, 0.15) is 0 Å². The molecule has 0 aromatic heterocycles. The molecular weight excluding hydrogens is 439 g/mol. The van der Waals surface area contributed by atoms with Crippen LogP contribution < -0.4 is 4.90 Å². The number of hydrogen-bond acceptors (Lipinski definition) is 3. The van der Waals surface area contributed by atoms with Crippen molar-refractivity contribution in [2.45, 2.75) is 25.5 Å². The zero-order valence-corrected chi connectivity index (χ0v) is 17.5. The van der Waals surface area contributed by atoms with Gasteiger partial charge in [-0.15, -0.1) is 0 Å². The maximum absolute atomic E-state index is 13.2. The van der Waals surface area contributed by atoms with Crippen LogP contribution in [-0.4, -0.2) is 44.2 Å². The molecule has 1 saturated heterocycles. The summed E-state index contributed by atoms with van der Waals surface area (Å²) in [6.45, 7) is 2.03. The molecule has 2 aromatic carbocycles. The quantitative estimate of drug-likeness (QED) is 0.602. The molecule has 0 aliphatic carbocycles. The van der Waals surface area contributed by atoms with Crippen LogP contribution in [-0.2, 0) is 11.3 Å². The van der Waals surface area contributed by atoms with Crippen LogP contribution >= 0.6 is 22.6 Å². The Morgan fingerprint density at radius 3 is 2.50 bits per heavy atom. The first kappa shape index (κ1) is 19.2. The van der Waals surface area contributed by atoms with E-state index >= 15 is 0 Å². The van der Waals surface area contributed by atoms with Gasteiger partial charge in [0, 0.05) is 43.0 Å². The lowest BCUT2D eigenvalue weighted by molar-refractivity contribution is 0.0506. The molecular formula is C21H25IN2O2. The van der Waals surface area contributed by atoms with Crippen molar-refractivity contribution in [3.8, 4) is 0 Å². The number of anilines is 1. The first-order chi connectivity index (χ1) is 12.5. The minimum absolute atomic E-state index is 0.0715. The van der Waals surface area contributed by atoms with E-state index in [1.165, 1.54) is 0 Å². The summed E-state index contributed by atoms with van der Waals surface area (Å²) in [5.41, 5.74) is 3.05. The summed E-state index contributed by atoms with van der Waals surface area (Å²) < 4.78 is 6.77. The molecule has 4 nitrogen and oxygen atoms in total. The van der Waals surface area contributed by atoms with Gasteiger partial charge in [-0.05, 0) is 65.3 Å². The average molecular weight is 464 g/mol. The number of halogens is 1. The van der Waals surface area contributed by atoms with Crippen molar-refractivity contribution in [1.82, 2.24) is 4.90 Å². The van der Waals surface area contributed by atoms with E-state index in [1.807, 2.05) is 43.3 Å². The summed E-state index contributed by atoms with van der Waals surface area (Å²) in [6.07, 6.45) is 2.24. The van der Waals surface area contributed by atoms with Gasteiger partial charge in [0.05, 0.1) is 11.7 Å². The summed E-state index contributed by atoms with van der Waals surface area (Å²) >= 11 is 2.23. The number of nitrogens with zero attached hydrogens (tertiary/aromatic N) is 2. The maximum atomic E-state index is 13.2. The highest BCUT2D eigenvalue weighted by Crippen LogP contribution is 2.21. The molecule has 2 aromatic rings. The number of amides is 1. The van der Waals surface area contributed by atoms with E-state index < -0.39 is 0 Å². The summed E-state index contributed by atoms with van der Waals surface area (Å²) in [6, 6.07) is 16.1. The van der Waals surface area contributed by atoms with Crippen molar-refractivity contribution >= 4 is 34.2 Å². The van der Waals surface area contributed by atoms with Crippen LogP contribution in [0.5, 0.6) is 0 Å². The third-order valence-electron chi connectivity index (χ3n) is 4.67. The molecule has 0 bridgehead atoms. The molecule has 1 heterocycles. The molecule has 1 aliphatic heterocycles. The fourth-order valence-corrected chi connectivity index (χ4v) is 3.80. The minimum atomic E-state index is 0.0715. The molecule has 1 aliphatic rings. The lowest BCUT2D eigenvalue weighted by Crippen LogP contribution is -2.37.